The molecule has 116 valence electrons. The van der Waals surface area contributed by atoms with E-state index in [-0.39, 0.29) is 0 Å². The number of methoxy groups -OCH3 is 1. The zero-order chi connectivity index (χ0) is 15.9. The number of hydrogen-bond acceptors (Lipinski definition) is 4. The molecular formula is C18H22N2O2. The van der Waals surface area contributed by atoms with Crippen LogP contribution in [0.5, 0.6) is 11.5 Å². The zero-order valence-electron chi connectivity index (χ0n) is 13.5. The quantitative estimate of drug-likeness (QED) is 0.605. The molecule has 0 aromatic heterocycles. The number of para-hydroxylation sites is 1. The van der Waals surface area contributed by atoms with Crippen molar-refractivity contribution >= 4 is 6.21 Å². The number of nitrogens with zero attached hydrogens (tertiary/aromatic N) is 2. The van der Waals surface area contributed by atoms with Gasteiger partial charge in [-0.2, -0.15) is 5.10 Å². The molecule has 0 N–H and O–H groups in total. The minimum atomic E-state index is 0.490. The van der Waals surface area contributed by atoms with Gasteiger partial charge in [0.15, 0.2) is 11.5 Å². The highest BCUT2D eigenvalue weighted by Gasteiger charge is 2.09. The molecule has 0 bridgehead atoms. The van der Waals surface area contributed by atoms with Crippen LogP contribution in [0.3, 0.4) is 0 Å². The monoisotopic (exact) mass is 298 g/mol. The maximum Gasteiger partial charge on any atom is 0.170 e. The Morgan fingerprint density at radius 1 is 1.09 bits per heavy atom. The van der Waals surface area contributed by atoms with Crippen LogP contribution in [0.25, 0.3) is 0 Å². The van der Waals surface area contributed by atoms with E-state index >= 15 is 0 Å². The summed E-state index contributed by atoms with van der Waals surface area (Å²) >= 11 is 0. The number of aryl methyl sites for hydroxylation is 1. The number of benzene rings is 2. The van der Waals surface area contributed by atoms with Crippen LogP contribution in [-0.4, -0.2) is 32.4 Å². The molecule has 0 aliphatic carbocycles. The summed E-state index contributed by atoms with van der Waals surface area (Å²) in [6.45, 7) is 2.56. The smallest absolute Gasteiger partial charge is 0.170 e. The lowest BCUT2D eigenvalue weighted by molar-refractivity contribution is 0.284. The Bertz CT molecular complexity index is 634. The van der Waals surface area contributed by atoms with E-state index in [0.29, 0.717) is 18.1 Å². The average Bonchev–Trinajstić information content (AvgIpc) is 2.52. The second kappa shape index (κ2) is 7.50. The topological polar surface area (TPSA) is 34.1 Å². The fraction of sp³-hybridized carbons (Fsp3) is 0.278. The Hall–Kier alpha value is -2.49. The minimum Gasteiger partial charge on any atom is -0.493 e. The molecule has 4 heteroatoms. The third kappa shape index (κ3) is 4.25. The molecule has 0 amide bonds. The van der Waals surface area contributed by atoms with E-state index in [0.717, 1.165) is 11.1 Å². The molecule has 0 radical (unpaired) electrons. The first-order valence-corrected chi connectivity index (χ1v) is 7.17. The lowest BCUT2D eigenvalue weighted by Gasteiger charge is -2.14. The van der Waals surface area contributed by atoms with Crippen LogP contribution in [0.1, 0.15) is 16.7 Å². The fourth-order valence-corrected chi connectivity index (χ4v) is 1.97. The van der Waals surface area contributed by atoms with E-state index in [9.17, 15) is 0 Å². The van der Waals surface area contributed by atoms with Gasteiger partial charge in [-0.25, -0.2) is 0 Å². The van der Waals surface area contributed by atoms with Crippen molar-refractivity contribution in [1.82, 2.24) is 5.01 Å². The second-order valence-corrected chi connectivity index (χ2v) is 5.24. The van der Waals surface area contributed by atoms with E-state index in [1.54, 1.807) is 18.3 Å². The van der Waals surface area contributed by atoms with Gasteiger partial charge in [0.25, 0.3) is 0 Å². The van der Waals surface area contributed by atoms with Gasteiger partial charge in [0.05, 0.1) is 13.3 Å². The van der Waals surface area contributed by atoms with Gasteiger partial charge >= 0.3 is 0 Å². The Kier molecular flexibility index (Phi) is 5.42. The van der Waals surface area contributed by atoms with Crippen LogP contribution in [0.2, 0.25) is 0 Å². The molecule has 0 saturated carbocycles. The average molecular weight is 298 g/mol. The highest BCUT2D eigenvalue weighted by molar-refractivity contribution is 5.84. The van der Waals surface area contributed by atoms with Gasteiger partial charge in [-0.05, 0) is 24.6 Å². The first-order valence-electron chi connectivity index (χ1n) is 7.17. The third-order valence-electron chi connectivity index (χ3n) is 3.16. The molecule has 2 aromatic carbocycles. The maximum absolute atomic E-state index is 5.98. The molecule has 0 aliphatic heterocycles. The number of ether oxygens (including phenoxy) is 2. The Morgan fingerprint density at radius 3 is 2.45 bits per heavy atom. The predicted octanol–water partition coefficient (Wildman–Crippen LogP) is 3.48. The van der Waals surface area contributed by atoms with Gasteiger partial charge in [0.2, 0.25) is 0 Å². The predicted molar refractivity (Wildman–Crippen MR) is 89.8 cm³/mol. The summed E-state index contributed by atoms with van der Waals surface area (Å²) in [5.74, 6) is 1.41. The van der Waals surface area contributed by atoms with Crippen LogP contribution in [-0.2, 0) is 6.61 Å². The standard InChI is InChI=1S/C18H22N2O2/c1-14-8-10-15(11-9-14)13-22-18-16(12-19-20(2)3)6-5-7-17(18)21-4/h5-12H,13H2,1-4H3/b19-12+. The van der Waals surface area contributed by atoms with Crippen LogP contribution < -0.4 is 9.47 Å². The molecule has 0 heterocycles. The van der Waals surface area contributed by atoms with Crippen LogP contribution in [0.15, 0.2) is 47.6 Å². The lowest BCUT2D eigenvalue weighted by atomic mass is 10.1. The summed E-state index contributed by atoms with van der Waals surface area (Å²) in [4.78, 5) is 0. The van der Waals surface area contributed by atoms with E-state index in [4.69, 9.17) is 9.47 Å². The number of hydrogen-bond donors (Lipinski definition) is 0. The summed E-state index contributed by atoms with van der Waals surface area (Å²) in [6.07, 6.45) is 1.77. The van der Waals surface area contributed by atoms with Gasteiger partial charge in [0.1, 0.15) is 6.61 Å². The molecule has 0 spiro atoms. The molecule has 0 unspecified atom stereocenters. The highest BCUT2D eigenvalue weighted by atomic mass is 16.5. The lowest BCUT2D eigenvalue weighted by Crippen LogP contribution is -2.04. The Morgan fingerprint density at radius 2 is 1.82 bits per heavy atom. The van der Waals surface area contributed by atoms with Crippen molar-refractivity contribution in [3.63, 3.8) is 0 Å². The largest absolute Gasteiger partial charge is 0.493 e. The second-order valence-electron chi connectivity index (χ2n) is 5.24. The van der Waals surface area contributed by atoms with Gasteiger partial charge in [0, 0.05) is 19.7 Å². The Labute approximate surface area is 132 Å². The van der Waals surface area contributed by atoms with E-state index in [2.05, 4.69) is 36.3 Å². The molecule has 4 nitrogen and oxygen atoms in total. The molecule has 0 atom stereocenters. The fourth-order valence-electron chi connectivity index (χ4n) is 1.97. The van der Waals surface area contributed by atoms with Crippen molar-refractivity contribution in [2.45, 2.75) is 13.5 Å². The summed E-state index contributed by atoms with van der Waals surface area (Å²) in [5, 5.41) is 6.01. The van der Waals surface area contributed by atoms with E-state index < -0.39 is 0 Å². The summed E-state index contributed by atoms with van der Waals surface area (Å²) in [7, 11) is 5.40. The van der Waals surface area contributed by atoms with Crippen molar-refractivity contribution in [3.05, 3.63) is 59.2 Å². The number of rotatable bonds is 6. The van der Waals surface area contributed by atoms with Crippen molar-refractivity contribution in [3.8, 4) is 11.5 Å². The first-order chi connectivity index (χ1) is 10.6. The molecule has 0 saturated heterocycles. The molecule has 0 aliphatic rings. The molecular weight excluding hydrogens is 276 g/mol. The highest BCUT2D eigenvalue weighted by Crippen LogP contribution is 2.30. The van der Waals surface area contributed by atoms with Gasteiger partial charge in [-0.1, -0.05) is 35.9 Å². The molecule has 2 rings (SSSR count). The van der Waals surface area contributed by atoms with E-state index in [1.807, 2.05) is 32.3 Å². The Balaban J connectivity index is 2.22. The summed E-state index contributed by atoms with van der Waals surface area (Å²) in [6, 6.07) is 14.1. The van der Waals surface area contributed by atoms with Gasteiger partial charge in [-0.3, -0.25) is 0 Å². The zero-order valence-corrected chi connectivity index (χ0v) is 13.5. The van der Waals surface area contributed by atoms with Crippen molar-refractivity contribution in [2.24, 2.45) is 5.10 Å². The number of hydrazone groups is 1. The summed E-state index contributed by atoms with van der Waals surface area (Å²) < 4.78 is 11.4. The molecule has 0 fully saturated rings. The van der Waals surface area contributed by atoms with Crippen molar-refractivity contribution < 1.29 is 9.47 Å². The van der Waals surface area contributed by atoms with Crippen LogP contribution in [0.4, 0.5) is 0 Å². The summed E-state index contributed by atoms with van der Waals surface area (Å²) in [5.41, 5.74) is 3.24. The van der Waals surface area contributed by atoms with Crippen LogP contribution in [0, 0.1) is 6.92 Å². The molecule has 2 aromatic rings. The van der Waals surface area contributed by atoms with Crippen molar-refractivity contribution in [1.29, 1.82) is 0 Å². The third-order valence-corrected chi connectivity index (χ3v) is 3.16. The van der Waals surface area contributed by atoms with Gasteiger partial charge < -0.3 is 14.5 Å². The first kappa shape index (κ1) is 15.9. The maximum atomic E-state index is 5.98. The minimum absolute atomic E-state index is 0.490. The SMILES string of the molecule is COc1cccc(/C=N/N(C)C)c1OCc1ccc(C)cc1. The van der Waals surface area contributed by atoms with Crippen LogP contribution >= 0.6 is 0 Å². The molecule has 22 heavy (non-hydrogen) atoms. The van der Waals surface area contributed by atoms with Crippen molar-refractivity contribution in [2.75, 3.05) is 21.2 Å². The van der Waals surface area contributed by atoms with Gasteiger partial charge in [-0.15, -0.1) is 0 Å². The van der Waals surface area contributed by atoms with E-state index in [1.165, 1.54) is 5.56 Å². The normalized spacial score (nSPS) is 10.7.